The van der Waals surface area contributed by atoms with Gasteiger partial charge in [0.25, 0.3) is 0 Å². The van der Waals surface area contributed by atoms with Crippen molar-refractivity contribution in [1.82, 2.24) is 5.32 Å². The summed E-state index contributed by atoms with van der Waals surface area (Å²) in [5.41, 5.74) is 1.09. The van der Waals surface area contributed by atoms with Crippen molar-refractivity contribution in [2.75, 3.05) is 0 Å². The predicted molar refractivity (Wildman–Crippen MR) is 86.4 cm³/mol. The molecular weight excluding hydrogens is 318 g/mol. The van der Waals surface area contributed by atoms with E-state index < -0.39 is 12.0 Å². The predicted octanol–water partition coefficient (Wildman–Crippen LogP) is 3.07. The lowest BCUT2D eigenvalue weighted by Crippen LogP contribution is -2.42. The first-order chi connectivity index (χ1) is 11.0. The molecule has 1 heterocycles. The lowest BCUT2D eigenvalue weighted by Gasteiger charge is -2.13. The Labute approximate surface area is 139 Å². The minimum atomic E-state index is -1.08. The molecule has 1 aromatic carbocycles. The van der Waals surface area contributed by atoms with Crippen molar-refractivity contribution in [1.29, 1.82) is 0 Å². The Balaban J connectivity index is 1.77. The number of hydrogen-bond acceptors (Lipinski definition) is 3. The zero-order valence-corrected chi connectivity index (χ0v) is 13.3. The zero-order valence-electron chi connectivity index (χ0n) is 12.5. The van der Waals surface area contributed by atoms with Gasteiger partial charge in [-0.2, -0.15) is 0 Å². The van der Waals surface area contributed by atoms with Crippen LogP contribution >= 0.6 is 11.6 Å². The van der Waals surface area contributed by atoms with Gasteiger partial charge in [-0.1, -0.05) is 23.7 Å². The van der Waals surface area contributed by atoms with Crippen LogP contribution in [0.2, 0.25) is 5.02 Å². The van der Waals surface area contributed by atoms with Crippen molar-refractivity contribution >= 4 is 23.5 Å². The number of carboxylic acids is 1. The van der Waals surface area contributed by atoms with Gasteiger partial charge in [0.1, 0.15) is 11.8 Å². The average molecular weight is 336 g/mol. The molecule has 0 saturated heterocycles. The number of benzene rings is 1. The first kappa shape index (κ1) is 17.1. The van der Waals surface area contributed by atoms with Crippen molar-refractivity contribution in [2.45, 2.75) is 31.7 Å². The third-order valence-corrected chi connectivity index (χ3v) is 3.65. The van der Waals surface area contributed by atoms with E-state index in [9.17, 15) is 14.7 Å². The summed E-state index contributed by atoms with van der Waals surface area (Å²) in [6.45, 7) is 0. The van der Waals surface area contributed by atoms with Gasteiger partial charge in [0, 0.05) is 17.9 Å². The third kappa shape index (κ3) is 5.79. The fraction of sp³-hybridized carbons (Fsp3) is 0.294. The molecule has 0 saturated carbocycles. The maximum atomic E-state index is 11.9. The molecule has 0 spiro atoms. The summed E-state index contributed by atoms with van der Waals surface area (Å²) in [5, 5.41) is 12.4. The lowest BCUT2D eigenvalue weighted by molar-refractivity contribution is -0.141. The van der Waals surface area contributed by atoms with Gasteiger partial charge in [-0.25, -0.2) is 4.79 Å². The molecule has 2 aromatic rings. The summed E-state index contributed by atoms with van der Waals surface area (Å²) < 4.78 is 5.12. The SMILES string of the molecule is O=C(CCCc1ccc(Cl)cc1)NC(Cc1ccco1)C(=O)O. The minimum absolute atomic E-state index is 0.130. The number of amides is 1. The van der Waals surface area contributed by atoms with E-state index in [1.807, 2.05) is 12.1 Å². The highest BCUT2D eigenvalue weighted by atomic mass is 35.5. The summed E-state index contributed by atoms with van der Waals surface area (Å²) in [4.78, 5) is 23.1. The summed E-state index contributed by atoms with van der Waals surface area (Å²) in [5.74, 6) is -0.829. The summed E-state index contributed by atoms with van der Waals surface area (Å²) in [6.07, 6.45) is 3.25. The summed E-state index contributed by atoms with van der Waals surface area (Å²) in [7, 11) is 0. The highest BCUT2D eigenvalue weighted by Crippen LogP contribution is 2.12. The molecule has 1 unspecified atom stereocenters. The smallest absolute Gasteiger partial charge is 0.326 e. The van der Waals surface area contributed by atoms with E-state index in [-0.39, 0.29) is 18.7 Å². The average Bonchev–Trinajstić information content (AvgIpc) is 3.01. The van der Waals surface area contributed by atoms with Gasteiger partial charge in [0.2, 0.25) is 5.91 Å². The highest BCUT2D eigenvalue weighted by molar-refractivity contribution is 6.30. The number of aliphatic carboxylic acids is 1. The molecule has 0 aliphatic rings. The second-order valence-corrected chi connectivity index (χ2v) is 5.66. The largest absolute Gasteiger partial charge is 0.480 e. The summed E-state index contributed by atoms with van der Waals surface area (Å²) >= 11 is 5.81. The van der Waals surface area contributed by atoms with Crippen LogP contribution in [0, 0.1) is 0 Å². The van der Waals surface area contributed by atoms with E-state index in [1.165, 1.54) is 6.26 Å². The van der Waals surface area contributed by atoms with Crippen LogP contribution in [0.5, 0.6) is 0 Å². The molecule has 6 heteroatoms. The van der Waals surface area contributed by atoms with Crippen LogP contribution in [-0.2, 0) is 22.4 Å². The number of carbonyl (C=O) groups excluding carboxylic acids is 1. The number of rotatable bonds is 8. The van der Waals surface area contributed by atoms with Crippen molar-refractivity contribution in [2.24, 2.45) is 0 Å². The molecule has 0 bridgehead atoms. The third-order valence-electron chi connectivity index (χ3n) is 3.40. The topological polar surface area (TPSA) is 79.5 Å². The van der Waals surface area contributed by atoms with E-state index in [4.69, 9.17) is 16.0 Å². The van der Waals surface area contributed by atoms with Crippen LogP contribution in [0.25, 0.3) is 0 Å². The van der Waals surface area contributed by atoms with Gasteiger partial charge in [-0.05, 0) is 42.7 Å². The summed E-state index contributed by atoms with van der Waals surface area (Å²) in [6, 6.07) is 9.82. The van der Waals surface area contributed by atoms with Crippen LogP contribution in [0.4, 0.5) is 0 Å². The van der Waals surface area contributed by atoms with Gasteiger partial charge < -0.3 is 14.8 Å². The highest BCUT2D eigenvalue weighted by Gasteiger charge is 2.21. The number of furan rings is 1. The second kappa shape index (κ2) is 8.39. The molecule has 5 nitrogen and oxygen atoms in total. The lowest BCUT2D eigenvalue weighted by atomic mass is 10.1. The Hall–Kier alpha value is -2.27. The molecule has 122 valence electrons. The van der Waals surface area contributed by atoms with E-state index in [0.717, 1.165) is 12.0 Å². The van der Waals surface area contributed by atoms with Gasteiger partial charge in [-0.3, -0.25) is 4.79 Å². The maximum Gasteiger partial charge on any atom is 0.326 e. The normalized spacial score (nSPS) is 11.9. The Bertz CT molecular complexity index is 637. The number of carboxylic acid groups (broad SMARTS) is 1. The maximum absolute atomic E-state index is 11.9. The van der Waals surface area contributed by atoms with E-state index in [0.29, 0.717) is 17.2 Å². The Kier molecular flexibility index (Phi) is 6.23. The van der Waals surface area contributed by atoms with Gasteiger partial charge in [-0.15, -0.1) is 0 Å². The van der Waals surface area contributed by atoms with Crippen molar-refractivity contribution in [3.8, 4) is 0 Å². The molecule has 2 N–H and O–H groups in total. The molecule has 1 aromatic heterocycles. The van der Waals surface area contributed by atoms with Crippen LogP contribution in [0.1, 0.15) is 24.2 Å². The van der Waals surface area contributed by atoms with Crippen molar-refractivity contribution < 1.29 is 19.1 Å². The van der Waals surface area contributed by atoms with E-state index in [1.54, 1.807) is 24.3 Å². The van der Waals surface area contributed by atoms with Gasteiger partial charge in [0.15, 0.2) is 0 Å². The Morgan fingerprint density at radius 1 is 1.22 bits per heavy atom. The molecule has 1 amide bonds. The van der Waals surface area contributed by atoms with Crippen LogP contribution in [0.3, 0.4) is 0 Å². The monoisotopic (exact) mass is 335 g/mol. The molecular formula is C17H18ClNO4. The van der Waals surface area contributed by atoms with E-state index >= 15 is 0 Å². The fourth-order valence-corrected chi connectivity index (χ4v) is 2.33. The van der Waals surface area contributed by atoms with Crippen molar-refractivity contribution in [3.05, 3.63) is 59.0 Å². The first-order valence-corrected chi connectivity index (χ1v) is 7.71. The molecule has 0 aliphatic heterocycles. The van der Waals surface area contributed by atoms with Gasteiger partial charge in [0.05, 0.1) is 6.26 Å². The fourth-order valence-electron chi connectivity index (χ4n) is 2.20. The van der Waals surface area contributed by atoms with Crippen LogP contribution in [-0.4, -0.2) is 23.0 Å². The minimum Gasteiger partial charge on any atom is -0.480 e. The number of nitrogens with one attached hydrogen (secondary N) is 1. The molecule has 1 atom stereocenters. The number of halogens is 1. The van der Waals surface area contributed by atoms with Crippen molar-refractivity contribution in [3.63, 3.8) is 0 Å². The quantitative estimate of drug-likeness (QED) is 0.777. The molecule has 0 radical (unpaired) electrons. The molecule has 0 aliphatic carbocycles. The zero-order chi connectivity index (χ0) is 16.7. The second-order valence-electron chi connectivity index (χ2n) is 5.22. The molecule has 0 fully saturated rings. The number of carbonyl (C=O) groups is 2. The van der Waals surface area contributed by atoms with Gasteiger partial charge >= 0.3 is 5.97 Å². The molecule has 2 rings (SSSR count). The van der Waals surface area contributed by atoms with E-state index in [2.05, 4.69) is 5.32 Å². The Morgan fingerprint density at radius 3 is 2.57 bits per heavy atom. The number of hydrogen-bond donors (Lipinski definition) is 2. The standard InChI is InChI=1S/C17H18ClNO4/c18-13-8-6-12(7-9-13)3-1-5-16(20)19-15(17(21)22)11-14-4-2-10-23-14/h2,4,6-10,15H,1,3,5,11H2,(H,19,20)(H,21,22). The van der Waals surface area contributed by atoms with Crippen LogP contribution in [0.15, 0.2) is 47.1 Å². The number of aryl methyl sites for hydroxylation is 1. The Morgan fingerprint density at radius 2 is 1.96 bits per heavy atom. The molecule has 23 heavy (non-hydrogen) atoms. The first-order valence-electron chi connectivity index (χ1n) is 7.33. The van der Waals surface area contributed by atoms with Crippen LogP contribution < -0.4 is 5.32 Å².